The highest BCUT2D eigenvalue weighted by atomic mass is 79.9. The van der Waals surface area contributed by atoms with Gasteiger partial charge in [0.1, 0.15) is 5.75 Å². The Kier molecular flexibility index (Phi) is 13.2. The van der Waals surface area contributed by atoms with Crippen LogP contribution in [0.4, 0.5) is 0 Å². The summed E-state index contributed by atoms with van der Waals surface area (Å²) in [5, 5.41) is 10.1. The second-order valence-electron chi connectivity index (χ2n) is 9.28. The predicted octanol–water partition coefficient (Wildman–Crippen LogP) is 7.91. The Labute approximate surface area is 228 Å². The number of pyridine rings is 1. The van der Waals surface area contributed by atoms with Crippen molar-refractivity contribution in [1.82, 2.24) is 9.88 Å². The first-order valence-electron chi connectivity index (χ1n) is 13.5. The molecule has 1 fully saturated rings. The van der Waals surface area contributed by atoms with Gasteiger partial charge in [-0.15, -0.1) is 8.58 Å². The van der Waals surface area contributed by atoms with Crippen LogP contribution in [0.15, 0.2) is 34.4 Å². The molecule has 2 aliphatic rings. The van der Waals surface area contributed by atoms with Crippen LogP contribution in [0.3, 0.4) is 0 Å². The number of carbonyl (C=O) groups excluding carboxylic acids is 1. The molecule has 1 aliphatic carbocycles. The molecule has 1 saturated heterocycles. The lowest BCUT2D eigenvalue weighted by Gasteiger charge is -2.29. The van der Waals surface area contributed by atoms with Gasteiger partial charge >= 0.3 is 0 Å². The highest BCUT2D eigenvalue weighted by molar-refractivity contribution is 9.10. The number of benzene rings is 1. The molecule has 4 rings (SSSR count). The van der Waals surface area contributed by atoms with E-state index in [4.69, 9.17) is 4.98 Å². The van der Waals surface area contributed by atoms with Gasteiger partial charge in [0.2, 0.25) is 5.91 Å². The molecule has 1 aromatic carbocycles. The molecule has 1 amide bonds. The summed E-state index contributed by atoms with van der Waals surface area (Å²) in [6.07, 6.45) is 11.1. The van der Waals surface area contributed by atoms with Crippen molar-refractivity contribution in [3.63, 3.8) is 0 Å². The minimum Gasteiger partial charge on any atom is -0.508 e. The molecule has 1 atom stereocenters. The molecule has 0 spiro atoms. The lowest BCUT2D eigenvalue weighted by molar-refractivity contribution is -0.129. The van der Waals surface area contributed by atoms with E-state index in [0.717, 1.165) is 65.6 Å². The number of aromatic nitrogens is 1. The Morgan fingerprint density at radius 3 is 2.36 bits per heavy atom. The molecule has 0 saturated carbocycles. The maximum absolute atomic E-state index is 11.7. The van der Waals surface area contributed by atoms with Gasteiger partial charge in [-0.05, 0) is 80.7 Å². The fourth-order valence-electron chi connectivity index (χ4n) is 4.80. The summed E-state index contributed by atoms with van der Waals surface area (Å²) in [7, 11) is 1.17. The molecule has 1 N–H and O–H groups in total. The maximum Gasteiger partial charge on any atom is 0.219 e. The zero-order valence-corrected chi connectivity index (χ0v) is 25.6. The number of nitrogens with zero attached hydrogens (tertiary/aromatic N) is 2. The molecule has 1 aromatic heterocycles. The van der Waals surface area contributed by atoms with Gasteiger partial charge < -0.3 is 10.0 Å². The summed E-state index contributed by atoms with van der Waals surface area (Å²) in [6, 6.07) is 5.88. The van der Waals surface area contributed by atoms with E-state index < -0.39 is 0 Å². The van der Waals surface area contributed by atoms with Crippen molar-refractivity contribution in [3.05, 3.63) is 62.4 Å². The molecule has 2 heterocycles. The lowest BCUT2D eigenvalue weighted by atomic mass is 9.88. The third-order valence-electron chi connectivity index (χ3n) is 6.61. The summed E-state index contributed by atoms with van der Waals surface area (Å²) in [5.74, 6) is 0.423. The number of fused-ring (bicyclic) bond motifs is 2. The number of phenolic OH excluding ortho intramolecular Hbond substituents is 1. The van der Waals surface area contributed by atoms with E-state index in [1.54, 1.807) is 13.0 Å². The number of aromatic hydroxyl groups is 1. The van der Waals surface area contributed by atoms with Crippen LogP contribution in [-0.4, -0.2) is 46.8 Å². The van der Waals surface area contributed by atoms with E-state index in [1.165, 1.54) is 50.7 Å². The Balaban J connectivity index is 0.000000440. The van der Waals surface area contributed by atoms with Gasteiger partial charge in [-0.2, -0.15) is 0 Å². The first-order chi connectivity index (χ1) is 17.3. The van der Waals surface area contributed by atoms with Crippen molar-refractivity contribution in [2.45, 2.75) is 79.6 Å². The zero-order chi connectivity index (χ0) is 26.7. The largest absolute Gasteiger partial charge is 0.508 e. The van der Waals surface area contributed by atoms with Crippen LogP contribution in [0.5, 0.6) is 5.75 Å². The van der Waals surface area contributed by atoms with Crippen LogP contribution < -0.4 is 0 Å². The van der Waals surface area contributed by atoms with Crippen LogP contribution in [0.25, 0.3) is 5.57 Å². The van der Waals surface area contributed by atoms with E-state index in [1.807, 2.05) is 31.0 Å². The van der Waals surface area contributed by atoms with Crippen LogP contribution in [0.1, 0.15) is 87.7 Å². The Morgan fingerprint density at radius 2 is 1.75 bits per heavy atom. The van der Waals surface area contributed by atoms with Crippen molar-refractivity contribution in [2.75, 3.05) is 25.9 Å². The molecule has 4 nitrogen and oxygen atoms in total. The van der Waals surface area contributed by atoms with Crippen LogP contribution >= 0.6 is 24.5 Å². The summed E-state index contributed by atoms with van der Waals surface area (Å²) >= 11 is 3.69. The molecule has 1 unspecified atom stereocenters. The van der Waals surface area contributed by atoms with E-state index in [9.17, 15) is 9.90 Å². The Bertz CT molecular complexity index is 1040. The van der Waals surface area contributed by atoms with Gasteiger partial charge in [-0.3, -0.25) is 9.78 Å². The van der Waals surface area contributed by atoms with Crippen LogP contribution in [-0.2, 0) is 17.6 Å². The second kappa shape index (κ2) is 15.5. The zero-order valence-electron chi connectivity index (χ0n) is 23.0. The number of hydrogen-bond acceptors (Lipinski definition) is 3. The first-order valence-corrected chi connectivity index (χ1v) is 16.0. The monoisotopic (exact) mass is 574 g/mol. The normalized spacial score (nSPS) is 14.8. The van der Waals surface area contributed by atoms with Gasteiger partial charge in [-0.1, -0.05) is 61.2 Å². The quantitative estimate of drug-likeness (QED) is 0.298. The molecule has 0 radical (unpaired) electrons. The number of amides is 1. The number of phenols is 1. The number of carbonyl (C=O) groups is 1. The Hall–Kier alpha value is -1.71. The van der Waals surface area contributed by atoms with Gasteiger partial charge in [0.25, 0.3) is 0 Å². The minimum absolute atomic E-state index is 0.139. The number of aryl methyl sites for hydroxylation is 3. The molecule has 1 aliphatic heterocycles. The number of piperidine rings is 1. The molecule has 0 bridgehead atoms. The number of halogens is 1. The summed E-state index contributed by atoms with van der Waals surface area (Å²) < 4.78 is 0.907. The SMILES string of the molecule is CC.CC(=O)N1CCC(=C2c3ncc(C)cc3CCc3cc(O)cc(Br)c32)CC1.CCCCCPC. The average molecular weight is 576 g/mol. The van der Waals surface area contributed by atoms with E-state index in [0.29, 0.717) is 0 Å². The molecular weight excluding hydrogens is 531 g/mol. The lowest BCUT2D eigenvalue weighted by Crippen LogP contribution is -2.34. The summed E-state index contributed by atoms with van der Waals surface area (Å²) in [6.45, 7) is 13.7. The topological polar surface area (TPSA) is 53.4 Å². The number of hydrogen-bond donors (Lipinski definition) is 1. The van der Waals surface area contributed by atoms with Crippen molar-refractivity contribution < 1.29 is 9.90 Å². The summed E-state index contributed by atoms with van der Waals surface area (Å²) in [4.78, 5) is 18.5. The maximum atomic E-state index is 11.7. The Morgan fingerprint density at radius 1 is 1.08 bits per heavy atom. The van der Waals surface area contributed by atoms with Crippen LogP contribution in [0, 0.1) is 6.92 Å². The van der Waals surface area contributed by atoms with Gasteiger partial charge in [0.05, 0.1) is 5.69 Å². The molecule has 36 heavy (non-hydrogen) atoms. The van der Waals surface area contributed by atoms with Crippen molar-refractivity contribution in [2.24, 2.45) is 0 Å². The standard InChI is InChI=1S/C22H23BrN2O2.C6H15P.C2H6/c1-13-9-17-4-3-16-10-18(27)11-19(23)20(16)21(22(17)24-12-13)15-5-7-25(8-6-15)14(2)26;1-3-4-5-6-7-2;1-2/h9-12,27H,3-8H2,1-2H3;7H,3-6H2,1-2H3;1-2H3. The predicted molar refractivity (Wildman–Crippen MR) is 160 cm³/mol. The highest BCUT2D eigenvalue weighted by Gasteiger charge is 2.27. The van der Waals surface area contributed by atoms with E-state index >= 15 is 0 Å². The van der Waals surface area contributed by atoms with E-state index in [2.05, 4.69) is 42.5 Å². The van der Waals surface area contributed by atoms with Crippen molar-refractivity contribution in [1.29, 1.82) is 0 Å². The minimum atomic E-state index is 0.139. The van der Waals surface area contributed by atoms with Crippen LogP contribution in [0.2, 0.25) is 0 Å². The third kappa shape index (κ3) is 8.15. The summed E-state index contributed by atoms with van der Waals surface area (Å²) in [5.41, 5.74) is 8.30. The number of likely N-dealkylation sites (tertiary alicyclic amines) is 1. The van der Waals surface area contributed by atoms with Crippen molar-refractivity contribution >= 4 is 36.0 Å². The molecular formula is C30H44BrN2O2P. The second-order valence-corrected chi connectivity index (χ2v) is 11.3. The van der Waals surface area contributed by atoms with Gasteiger partial charge in [0.15, 0.2) is 0 Å². The average Bonchev–Trinajstić information content (AvgIpc) is 3.03. The number of rotatable bonds is 4. The van der Waals surface area contributed by atoms with Gasteiger partial charge in [0, 0.05) is 41.8 Å². The highest BCUT2D eigenvalue weighted by Crippen LogP contribution is 2.42. The van der Waals surface area contributed by atoms with Gasteiger partial charge in [-0.25, -0.2) is 0 Å². The van der Waals surface area contributed by atoms with E-state index in [-0.39, 0.29) is 11.7 Å². The number of unbranched alkanes of at least 4 members (excludes halogenated alkanes) is 2. The smallest absolute Gasteiger partial charge is 0.219 e. The molecule has 6 heteroatoms. The fourth-order valence-corrected chi connectivity index (χ4v) is 6.09. The fraction of sp³-hybridized carbons (Fsp3) is 0.533. The molecule has 198 valence electrons. The first kappa shape index (κ1) is 30.5. The third-order valence-corrected chi connectivity index (χ3v) is 8.09. The molecule has 2 aromatic rings. The van der Waals surface area contributed by atoms with Crippen molar-refractivity contribution in [3.8, 4) is 5.75 Å².